The minimum atomic E-state index is -4.39. The van der Waals surface area contributed by atoms with Gasteiger partial charge in [-0.15, -0.1) is 0 Å². The number of hydrogen-bond acceptors (Lipinski definition) is 7. The van der Waals surface area contributed by atoms with Gasteiger partial charge in [0, 0.05) is 12.8 Å². The molecular formula is C48H83NO8P+. The molecule has 0 heterocycles. The first kappa shape index (κ1) is 55.2. The van der Waals surface area contributed by atoms with E-state index in [1.165, 1.54) is 25.7 Å². The van der Waals surface area contributed by atoms with Gasteiger partial charge in [0.2, 0.25) is 0 Å². The van der Waals surface area contributed by atoms with Gasteiger partial charge in [0.15, 0.2) is 6.10 Å². The molecule has 0 saturated carbocycles. The SMILES string of the molecule is CC/C=C/C/C=C/C/C=C/C/C=C/C/C=C/CCCCCC(=O)O[C@H](COC(=O)CCCCCCC/C=C/C/C=C/CCCCC)COP(=O)(O)OCC[N+](C)(C)C. The average molecular weight is 833 g/mol. The number of allylic oxidation sites excluding steroid dienone is 14. The Labute approximate surface area is 354 Å². The van der Waals surface area contributed by atoms with Crippen molar-refractivity contribution in [2.45, 2.75) is 161 Å². The lowest BCUT2D eigenvalue weighted by Gasteiger charge is -2.24. The number of ether oxygens (including phenoxy) is 2. The number of phosphoric ester groups is 1. The fourth-order valence-corrected chi connectivity index (χ4v) is 6.16. The summed E-state index contributed by atoms with van der Waals surface area (Å²) in [7, 11) is 1.43. The Morgan fingerprint density at radius 1 is 0.552 bits per heavy atom. The average Bonchev–Trinajstić information content (AvgIpc) is 3.17. The maximum Gasteiger partial charge on any atom is 0.472 e. The molecular weight excluding hydrogens is 750 g/mol. The van der Waals surface area contributed by atoms with Gasteiger partial charge in [0.25, 0.3) is 0 Å². The molecule has 0 aromatic heterocycles. The number of esters is 2. The van der Waals surface area contributed by atoms with Crippen molar-refractivity contribution in [1.82, 2.24) is 0 Å². The Morgan fingerprint density at radius 3 is 1.48 bits per heavy atom. The summed E-state index contributed by atoms with van der Waals surface area (Å²) < 4.78 is 34.3. The number of phosphoric acid groups is 1. The molecule has 58 heavy (non-hydrogen) atoms. The summed E-state index contributed by atoms with van der Waals surface area (Å²) in [4.78, 5) is 35.4. The smallest absolute Gasteiger partial charge is 0.462 e. The Hall–Kier alpha value is -2.81. The van der Waals surface area contributed by atoms with Gasteiger partial charge < -0.3 is 18.9 Å². The van der Waals surface area contributed by atoms with E-state index in [-0.39, 0.29) is 26.1 Å². The van der Waals surface area contributed by atoms with E-state index in [1.54, 1.807) is 0 Å². The third kappa shape index (κ3) is 42.8. The number of unbranched alkanes of at least 4 members (excludes halogenated alkanes) is 11. The minimum absolute atomic E-state index is 0.0178. The molecule has 0 aromatic carbocycles. The predicted molar refractivity (Wildman–Crippen MR) is 242 cm³/mol. The number of hydrogen-bond donors (Lipinski definition) is 1. The summed E-state index contributed by atoms with van der Waals surface area (Å²) in [6, 6.07) is 0. The highest BCUT2D eigenvalue weighted by molar-refractivity contribution is 7.47. The standard InChI is InChI=1S/C48H82NO8P/c1-6-8-10-12-14-16-18-20-22-23-24-25-27-29-31-33-35-37-39-41-48(51)57-46(45-56-58(52,53)55-43-42-49(3,4)5)44-54-47(50)40-38-36-34-32-30-28-26-21-19-17-15-13-11-9-7-2/h8,10,14-17,20-22,24-26,29,31,46H,6-7,9,11-13,18-19,23,27-28,30,32-45H2,1-5H3/p+1/b10-8+,16-14+,17-15+,22-20+,25-24+,26-21+,31-29+/t46-/m1/s1. The molecule has 0 fully saturated rings. The molecule has 332 valence electrons. The number of rotatable bonds is 39. The van der Waals surface area contributed by atoms with E-state index in [1.807, 2.05) is 21.1 Å². The predicted octanol–water partition coefficient (Wildman–Crippen LogP) is 12.8. The fourth-order valence-electron chi connectivity index (χ4n) is 5.42. The largest absolute Gasteiger partial charge is 0.472 e. The molecule has 0 spiro atoms. The first-order valence-electron chi connectivity index (χ1n) is 22.3. The zero-order valence-corrected chi connectivity index (χ0v) is 38.1. The number of nitrogens with zero attached hydrogens (tertiary/aromatic N) is 1. The first-order chi connectivity index (χ1) is 28.0. The van der Waals surface area contributed by atoms with E-state index in [4.69, 9.17) is 18.5 Å². The van der Waals surface area contributed by atoms with Gasteiger partial charge in [-0.3, -0.25) is 18.6 Å². The van der Waals surface area contributed by atoms with Crippen LogP contribution < -0.4 is 0 Å². The van der Waals surface area contributed by atoms with Crippen molar-refractivity contribution in [1.29, 1.82) is 0 Å². The van der Waals surface area contributed by atoms with Crippen molar-refractivity contribution in [2.75, 3.05) is 47.5 Å². The van der Waals surface area contributed by atoms with Crippen molar-refractivity contribution in [2.24, 2.45) is 0 Å². The number of quaternary nitrogens is 1. The van der Waals surface area contributed by atoms with Crippen molar-refractivity contribution in [3.63, 3.8) is 0 Å². The lowest BCUT2D eigenvalue weighted by Crippen LogP contribution is -2.37. The molecule has 10 heteroatoms. The van der Waals surface area contributed by atoms with E-state index >= 15 is 0 Å². The molecule has 0 aromatic rings. The fraction of sp³-hybridized carbons (Fsp3) is 0.667. The third-order valence-corrected chi connectivity index (χ3v) is 9.89. The summed E-state index contributed by atoms with van der Waals surface area (Å²) >= 11 is 0. The van der Waals surface area contributed by atoms with Crippen LogP contribution in [0.15, 0.2) is 85.1 Å². The van der Waals surface area contributed by atoms with Crippen LogP contribution in [0.3, 0.4) is 0 Å². The Morgan fingerprint density at radius 2 is 0.983 bits per heavy atom. The maximum absolute atomic E-state index is 12.7. The van der Waals surface area contributed by atoms with Gasteiger partial charge in [0.1, 0.15) is 19.8 Å². The van der Waals surface area contributed by atoms with Crippen molar-refractivity contribution in [3.8, 4) is 0 Å². The summed E-state index contributed by atoms with van der Waals surface area (Å²) in [5.41, 5.74) is 0. The van der Waals surface area contributed by atoms with E-state index in [9.17, 15) is 19.0 Å². The Balaban J connectivity index is 4.47. The topological polar surface area (TPSA) is 108 Å². The quantitative estimate of drug-likeness (QED) is 0.0214. The van der Waals surface area contributed by atoms with Gasteiger partial charge in [-0.05, 0) is 89.9 Å². The highest BCUT2D eigenvalue weighted by atomic mass is 31.2. The monoisotopic (exact) mass is 833 g/mol. The van der Waals surface area contributed by atoms with Crippen LogP contribution in [-0.2, 0) is 32.7 Å². The van der Waals surface area contributed by atoms with Crippen LogP contribution >= 0.6 is 7.82 Å². The highest BCUT2D eigenvalue weighted by Gasteiger charge is 2.27. The van der Waals surface area contributed by atoms with Crippen molar-refractivity contribution < 1.29 is 42.1 Å². The summed E-state index contributed by atoms with van der Waals surface area (Å²) in [6.07, 6.45) is 50.6. The highest BCUT2D eigenvalue weighted by Crippen LogP contribution is 2.43. The molecule has 0 amide bonds. The van der Waals surface area contributed by atoms with Gasteiger partial charge in [0.05, 0.1) is 27.7 Å². The molecule has 0 aliphatic carbocycles. The molecule has 9 nitrogen and oxygen atoms in total. The number of likely N-dealkylation sites (N-methyl/N-ethyl adjacent to an activating group) is 1. The van der Waals surface area contributed by atoms with E-state index < -0.39 is 32.5 Å². The molecule has 1 N–H and O–H groups in total. The molecule has 0 rings (SSSR count). The van der Waals surface area contributed by atoms with Crippen molar-refractivity contribution in [3.05, 3.63) is 85.1 Å². The van der Waals surface area contributed by atoms with Crippen LogP contribution in [0.5, 0.6) is 0 Å². The lowest BCUT2D eigenvalue weighted by atomic mass is 10.1. The maximum atomic E-state index is 12.7. The molecule has 0 bridgehead atoms. The molecule has 0 radical (unpaired) electrons. The minimum Gasteiger partial charge on any atom is -0.462 e. The zero-order chi connectivity index (χ0) is 42.8. The van der Waals surface area contributed by atoms with E-state index in [0.29, 0.717) is 23.9 Å². The van der Waals surface area contributed by atoms with Gasteiger partial charge in [-0.2, -0.15) is 0 Å². The Bertz CT molecular complexity index is 1260. The van der Waals surface area contributed by atoms with Crippen LogP contribution in [0.25, 0.3) is 0 Å². The van der Waals surface area contributed by atoms with Gasteiger partial charge >= 0.3 is 19.8 Å². The zero-order valence-electron chi connectivity index (χ0n) is 37.2. The van der Waals surface area contributed by atoms with Crippen LogP contribution in [0.1, 0.15) is 155 Å². The molecule has 1 unspecified atom stereocenters. The van der Waals surface area contributed by atoms with Crippen LogP contribution in [0, 0.1) is 0 Å². The molecule has 0 saturated heterocycles. The van der Waals surface area contributed by atoms with E-state index in [2.05, 4.69) is 98.9 Å². The first-order valence-corrected chi connectivity index (χ1v) is 23.8. The van der Waals surface area contributed by atoms with Crippen molar-refractivity contribution >= 4 is 19.8 Å². The van der Waals surface area contributed by atoms with Gasteiger partial charge in [-0.1, -0.05) is 137 Å². The second-order valence-electron chi connectivity index (χ2n) is 15.7. The second kappa shape index (κ2) is 39.6. The van der Waals surface area contributed by atoms with Crippen LogP contribution in [0.4, 0.5) is 0 Å². The number of carbonyl (C=O) groups is 2. The number of carbonyl (C=O) groups excluding carboxylic acids is 2. The summed E-state index contributed by atoms with van der Waals surface area (Å²) in [6.45, 7) is 4.20. The molecule has 0 aliphatic rings. The third-order valence-electron chi connectivity index (χ3n) is 8.91. The van der Waals surface area contributed by atoms with E-state index in [0.717, 1.165) is 89.9 Å². The normalized spacial score (nSPS) is 14.4. The van der Waals surface area contributed by atoms with Crippen LogP contribution in [0.2, 0.25) is 0 Å². The Kier molecular flexibility index (Phi) is 37.7. The summed E-state index contributed by atoms with van der Waals surface area (Å²) in [5.74, 6) is -0.861. The second-order valence-corrected chi connectivity index (χ2v) is 17.1. The van der Waals surface area contributed by atoms with Gasteiger partial charge in [-0.25, -0.2) is 4.57 Å². The molecule has 2 atom stereocenters. The molecule has 0 aliphatic heterocycles. The summed E-state index contributed by atoms with van der Waals surface area (Å²) in [5, 5.41) is 0. The van der Waals surface area contributed by atoms with Crippen LogP contribution in [-0.4, -0.2) is 74.9 Å². The lowest BCUT2D eigenvalue weighted by molar-refractivity contribution is -0.870.